The maximum atomic E-state index is 11.0. The minimum atomic E-state index is -3.38. The van der Waals surface area contributed by atoms with Crippen molar-refractivity contribution in [2.75, 3.05) is 26.0 Å². The Morgan fingerprint density at radius 1 is 1.35 bits per heavy atom. The standard InChI is InChI=1S/C17H27NO4S/c1-17(2)12-15(13-21-17)16(11-14-7-5-4-6-8-14)18-9-10-22-23(3,19)20/h4-8,15-16,18H,9-13H2,1-3H3/t15-,16+/m0/s1. The van der Waals surface area contributed by atoms with Crippen LogP contribution in [0.4, 0.5) is 0 Å². The molecule has 1 aromatic rings. The fourth-order valence-electron chi connectivity index (χ4n) is 3.05. The molecule has 1 fully saturated rings. The summed E-state index contributed by atoms with van der Waals surface area (Å²) in [5, 5.41) is 3.45. The fraction of sp³-hybridized carbons (Fsp3) is 0.647. The van der Waals surface area contributed by atoms with E-state index in [0.717, 1.165) is 25.7 Å². The summed E-state index contributed by atoms with van der Waals surface area (Å²) in [6, 6.07) is 10.5. The zero-order valence-corrected chi connectivity index (χ0v) is 14.9. The van der Waals surface area contributed by atoms with E-state index in [1.807, 2.05) is 18.2 Å². The van der Waals surface area contributed by atoms with Crippen molar-refractivity contribution in [3.63, 3.8) is 0 Å². The first-order chi connectivity index (χ1) is 10.8. The Morgan fingerprint density at radius 2 is 2.04 bits per heavy atom. The van der Waals surface area contributed by atoms with Gasteiger partial charge in [-0.1, -0.05) is 30.3 Å². The second-order valence-corrected chi connectivity index (χ2v) is 8.46. The van der Waals surface area contributed by atoms with Crippen LogP contribution >= 0.6 is 0 Å². The SMILES string of the molecule is CC1(C)C[C@H]([C@@H](Cc2ccccc2)NCCOS(C)(=O)=O)CO1. The number of hydrogen-bond donors (Lipinski definition) is 1. The van der Waals surface area contributed by atoms with Crippen LogP contribution in [0.25, 0.3) is 0 Å². The Morgan fingerprint density at radius 3 is 2.61 bits per heavy atom. The molecule has 0 amide bonds. The predicted octanol–water partition coefficient (Wildman–Crippen LogP) is 1.98. The number of benzene rings is 1. The van der Waals surface area contributed by atoms with E-state index in [2.05, 4.69) is 31.3 Å². The van der Waals surface area contributed by atoms with Gasteiger partial charge in [0.25, 0.3) is 10.1 Å². The molecule has 0 bridgehead atoms. The highest BCUT2D eigenvalue weighted by atomic mass is 32.2. The summed E-state index contributed by atoms with van der Waals surface area (Å²) in [4.78, 5) is 0. The molecule has 0 spiro atoms. The second kappa shape index (κ2) is 7.75. The number of rotatable bonds is 8. The molecule has 0 aliphatic carbocycles. The Hall–Kier alpha value is -0.950. The monoisotopic (exact) mass is 341 g/mol. The number of hydrogen-bond acceptors (Lipinski definition) is 5. The van der Waals surface area contributed by atoms with E-state index < -0.39 is 10.1 Å². The molecular weight excluding hydrogens is 314 g/mol. The molecule has 0 unspecified atom stereocenters. The Kier molecular flexibility index (Phi) is 6.19. The molecule has 1 aliphatic rings. The first-order valence-electron chi connectivity index (χ1n) is 8.01. The van der Waals surface area contributed by atoms with E-state index in [1.54, 1.807) is 0 Å². The Balaban J connectivity index is 1.94. The minimum Gasteiger partial charge on any atom is -0.375 e. The molecule has 1 aliphatic heterocycles. The van der Waals surface area contributed by atoms with Crippen molar-refractivity contribution in [3.8, 4) is 0 Å². The summed E-state index contributed by atoms with van der Waals surface area (Å²) < 4.78 is 32.8. The molecule has 1 heterocycles. The van der Waals surface area contributed by atoms with Gasteiger partial charge in [0.15, 0.2) is 0 Å². The van der Waals surface area contributed by atoms with Crippen LogP contribution in [0.3, 0.4) is 0 Å². The van der Waals surface area contributed by atoms with Gasteiger partial charge >= 0.3 is 0 Å². The van der Waals surface area contributed by atoms with Gasteiger partial charge in [-0.25, -0.2) is 0 Å². The van der Waals surface area contributed by atoms with Gasteiger partial charge in [0.2, 0.25) is 0 Å². The smallest absolute Gasteiger partial charge is 0.264 e. The lowest BCUT2D eigenvalue weighted by Crippen LogP contribution is -2.40. The summed E-state index contributed by atoms with van der Waals surface area (Å²) in [5.74, 6) is 0.406. The average molecular weight is 341 g/mol. The highest BCUT2D eigenvalue weighted by Gasteiger charge is 2.36. The minimum absolute atomic E-state index is 0.0927. The topological polar surface area (TPSA) is 64.6 Å². The maximum absolute atomic E-state index is 11.0. The largest absolute Gasteiger partial charge is 0.375 e. The summed E-state index contributed by atoms with van der Waals surface area (Å²) in [6.45, 7) is 5.60. The van der Waals surface area contributed by atoms with Crippen LogP contribution in [-0.2, 0) is 25.5 Å². The molecule has 6 heteroatoms. The molecule has 5 nitrogen and oxygen atoms in total. The van der Waals surface area contributed by atoms with Crippen LogP contribution < -0.4 is 5.32 Å². The lowest BCUT2D eigenvalue weighted by molar-refractivity contribution is 0.0342. The highest BCUT2D eigenvalue weighted by molar-refractivity contribution is 7.85. The third-order valence-corrected chi connectivity index (χ3v) is 4.71. The van der Waals surface area contributed by atoms with Crippen molar-refractivity contribution in [1.82, 2.24) is 5.32 Å². The summed E-state index contributed by atoms with van der Waals surface area (Å²) in [6.07, 6.45) is 2.95. The van der Waals surface area contributed by atoms with Gasteiger partial charge < -0.3 is 10.1 Å². The van der Waals surface area contributed by atoms with Gasteiger partial charge in [0.05, 0.1) is 25.1 Å². The van der Waals surface area contributed by atoms with E-state index >= 15 is 0 Å². The molecule has 1 N–H and O–H groups in total. The van der Waals surface area contributed by atoms with E-state index in [4.69, 9.17) is 8.92 Å². The molecule has 0 radical (unpaired) electrons. The van der Waals surface area contributed by atoms with Gasteiger partial charge in [-0.05, 0) is 32.3 Å². The molecule has 1 aromatic carbocycles. The lowest BCUT2D eigenvalue weighted by atomic mass is 9.88. The molecule has 2 atom stereocenters. The molecule has 1 saturated heterocycles. The quantitative estimate of drug-likeness (QED) is 0.578. The van der Waals surface area contributed by atoms with E-state index in [0.29, 0.717) is 12.5 Å². The second-order valence-electron chi connectivity index (χ2n) is 6.81. The van der Waals surface area contributed by atoms with Crippen molar-refractivity contribution >= 4 is 10.1 Å². The van der Waals surface area contributed by atoms with Gasteiger partial charge in [-0.3, -0.25) is 4.18 Å². The third-order valence-electron chi connectivity index (χ3n) is 4.12. The van der Waals surface area contributed by atoms with E-state index in [-0.39, 0.29) is 18.2 Å². The molecule has 0 saturated carbocycles. The zero-order valence-electron chi connectivity index (χ0n) is 14.1. The molecule has 0 aromatic heterocycles. The normalized spacial score (nSPS) is 22.1. The zero-order chi connectivity index (χ0) is 16.9. The van der Waals surface area contributed by atoms with Crippen molar-refractivity contribution in [1.29, 1.82) is 0 Å². The highest BCUT2D eigenvalue weighted by Crippen LogP contribution is 2.32. The number of nitrogens with one attached hydrogen (secondary N) is 1. The van der Waals surface area contributed by atoms with Crippen LogP contribution in [-0.4, -0.2) is 46.1 Å². The van der Waals surface area contributed by atoms with Crippen LogP contribution in [0.5, 0.6) is 0 Å². The van der Waals surface area contributed by atoms with Crippen LogP contribution in [0.1, 0.15) is 25.8 Å². The van der Waals surface area contributed by atoms with Crippen LogP contribution in [0.15, 0.2) is 30.3 Å². The van der Waals surface area contributed by atoms with Crippen LogP contribution in [0, 0.1) is 5.92 Å². The van der Waals surface area contributed by atoms with Crippen molar-refractivity contribution in [2.45, 2.75) is 38.3 Å². The number of ether oxygens (including phenoxy) is 1. The summed E-state index contributed by atoms with van der Waals surface area (Å²) >= 11 is 0. The van der Waals surface area contributed by atoms with Crippen molar-refractivity contribution < 1.29 is 17.3 Å². The first kappa shape index (κ1) is 18.4. The molecular formula is C17H27NO4S. The van der Waals surface area contributed by atoms with Crippen molar-refractivity contribution in [3.05, 3.63) is 35.9 Å². The summed E-state index contributed by atoms with van der Waals surface area (Å²) in [7, 11) is -3.38. The first-order valence-corrected chi connectivity index (χ1v) is 9.82. The van der Waals surface area contributed by atoms with Crippen molar-refractivity contribution in [2.24, 2.45) is 5.92 Å². The molecule has 2 rings (SSSR count). The Labute approximate surface area is 139 Å². The lowest BCUT2D eigenvalue weighted by Gasteiger charge is -2.25. The average Bonchev–Trinajstić information content (AvgIpc) is 2.82. The molecule has 130 valence electrons. The van der Waals surface area contributed by atoms with Gasteiger partial charge in [-0.2, -0.15) is 8.42 Å². The van der Waals surface area contributed by atoms with Crippen LogP contribution in [0.2, 0.25) is 0 Å². The van der Waals surface area contributed by atoms with Gasteiger partial charge in [-0.15, -0.1) is 0 Å². The fourth-order valence-corrected chi connectivity index (χ4v) is 3.44. The maximum Gasteiger partial charge on any atom is 0.264 e. The van der Waals surface area contributed by atoms with E-state index in [9.17, 15) is 8.42 Å². The summed E-state index contributed by atoms with van der Waals surface area (Å²) in [5.41, 5.74) is 1.17. The third kappa shape index (κ3) is 6.59. The predicted molar refractivity (Wildman–Crippen MR) is 90.9 cm³/mol. The Bertz CT molecular complexity index is 586. The van der Waals surface area contributed by atoms with E-state index in [1.165, 1.54) is 5.56 Å². The van der Waals surface area contributed by atoms with Gasteiger partial charge in [0, 0.05) is 18.5 Å². The molecule has 23 heavy (non-hydrogen) atoms. The van der Waals surface area contributed by atoms with Gasteiger partial charge in [0.1, 0.15) is 0 Å².